The molecule has 0 aromatic rings. The van der Waals surface area contributed by atoms with Crippen molar-refractivity contribution in [3.8, 4) is 0 Å². The van der Waals surface area contributed by atoms with Crippen molar-refractivity contribution in [2.24, 2.45) is 0 Å². The first-order valence-electron chi connectivity index (χ1n) is 9.74. The molecule has 10 radical (unpaired) electrons. The van der Waals surface area contributed by atoms with E-state index in [-0.39, 0.29) is 32.8 Å². The summed E-state index contributed by atoms with van der Waals surface area (Å²) in [5.74, 6) is 0. The van der Waals surface area contributed by atoms with Gasteiger partial charge in [-0.15, -0.1) is 10.2 Å². The molecule has 0 amide bonds. The molecule has 0 aromatic heterocycles. The van der Waals surface area contributed by atoms with Gasteiger partial charge in [-0.1, -0.05) is 20.8 Å². The summed E-state index contributed by atoms with van der Waals surface area (Å²) < 4.78 is 39.8. The van der Waals surface area contributed by atoms with Crippen molar-refractivity contribution in [3.63, 3.8) is 0 Å². The molecule has 0 atom stereocenters. The van der Waals surface area contributed by atoms with Crippen LogP contribution in [0.4, 0.5) is 0 Å². The quantitative estimate of drug-likeness (QED) is 0.300. The fourth-order valence-corrected chi connectivity index (χ4v) is 2.30. The van der Waals surface area contributed by atoms with Crippen LogP contribution in [-0.2, 0) is 30.6 Å². The molecule has 0 bridgehead atoms. The minimum atomic E-state index is -4.94. The number of halogens is 1. The second kappa shape index (κ2) is 24.9. The minimum absolute atomic E-state index is 0. The zero-order valence-electron chi connectivity index (χ0n) is 20.0. The van der Waals surface area contributed by atoms with Gasteiger partial charge in [-0.05, 0) is 88.8 Å². The number of rotatable bonds is 5. The molecule has 0 saturated heterocycles. The number of aliphatic hydroxyl groups is 1. The van der Waals surface area contributed by atoms with Crippen LogP contribution < -0.4 is 18.6 Å². The monoisotopic (exact) mass is 563 g/mol. The molecule has 1 N–H and O–H groups in total. The van der Waals surface area contributed by atoms with Crippen LogP contribution in [0.3, 0.4) is 0 Å². The van der Waals surface area contributed by atoms with Crippen LogP contribution in [0, 0.1) is 87.5 Å². The van der Waals surface area contributed by atoms with Gasteiger partial charge in [0.2, 0.25) is 0 Å². The van der Waals surface area contributed by atoms with E-state index < -0.39 is 18.6 Å². The summed E-state index contributed by atoms with van der Waals surface area (Å²) in [4.78, 5) is 0. The number of hydrogen-bond acceptors (Lipinski definition) is 6. The molecule has 0 aromatic carbocycles. The van der Waals surface area contributed by atoms with Gasteiger partial charge in [-0.25, -0.2) is 18.6 Å². The Morgan fingerprint density at radius 2 is 1.16 bits per heavy atom. The van der Waals surface area contributed by atoms with Crippen molar-refractivity contribution in [3.05, 3.63) is 83.3 Å². The molecular formula is C23H38ClO6SiZr-. The summed E-state index contributed by atoms with van der Waals surface area (Å²) in [5.41, 5.74) is 0. The standard InChI is InChI=1S/C10H21OSi.2C5H5.C3H7O.ClHO4.Zr/c1-7-8-9-11-12(5,6)10(2,3)4;2*1-2-4-5-3-1;1-2-3-4;2-1(3,4)5;/h1,7H,8-9H2,2-6H3;2*1-5H;2,4H,3H2,1H3;(H,2,3,4,5);/q-1;;;+1;;/p-1. The summed E-state index contributed by atoms with van der Waals surface area (Å²) in [6.07, 6.45) is 24.2. The number of hydrogen-bond donors (Lipinski definition) is 1. The summed E-state index contributed by atoms with van der Waals surface area (Å²) in [5, 5.41) is 8.13. The Kier molecular flexibility index (Phi) is 31.1. The SMILES string of the molecule is C[CH+]CO.[CH-]=CCCO[Si](C)(C)C(C)(C)C.[CH]1[CH][CH][CH][CH]1.[CH]1[CH][CH][CH][CH]1.[O-][Cl+3]([O-])([O-])[O-].[Zr]. The summed E-state index contributed by atoms with van der Waals surface area (Å²) >= 11 is 0. The van der Waals surface area contributed by atoms with Crippen molar-refractivity contribution < 1.29 is 64.6 Å². The molecule has 2 aliphatic rings. The number of aliphatic hydroxyl groups excluding tert-OH is 1. The minimum Gasteiger partial charge on any atom is -0.518 e. The van der Waals surface area contributed by atoms with E-state index in [1.807, 2.05) is 64.2 Å². The van der Waals surface area contributed by atoms with Gasteiger partial charge in [0.1, 0.15) is 0 Å². The molecule has 0 spiro atoms. The van der Waals surface area contributed by atoms with Crippen LogP contribution in [0.1, 0.15) is 34.1 Å². The maximum atomic E-state index is 8.49. The third-order valence-electron chi connectivity index (χ3n) is 3.85. The Hall–Kier alpha value is 0.760. The molecule has 0 heterocycles. The maximum absolute atomic E-state index is 8.49. The van der Waals surface area contributed by atoms with Crippen LogP contribution in [0.15, 0.2) is 6.08 Å². The van der Waals surface area contributed by atoms with E-state index >= 15 is 0 Å². The van der Waals surface area contributed by atoms with E-state index in [4.69, 9.17) is 34.7 Å². The smallest absolute Gasteiger partial charge is 0.191 e. The topological polar surface area (TPSA) is 122 Å². The molecule has 6 nitrogen and oxygen atoms in total. The summed E-state index contributed by atoms with van der Waals surface area (Å²) in [6.45, 7) is 19.3. The Morgan fingerprint density at radius 3 is 1.31 bits per heavy atom. The molecule has 32 heavy (non-hydrogen) atoms. The summed E-state index contributed by atoms with van der Waals surface area (Å²) in [7, 11) is -6.46. The van der Waals surface area contributed by atoms with E-state index in [1.165, 1.54) is 0 Å². The summed E-state index contributed by atoms with van der Waals surface area (Å²) in [6, 6.07) is 0. The first kappa shape index (κ1) is 40.0. The second-order valence-corrected chi connectivity index (χ2v) is 13.1. The Labute approximate surface area is 220 Å². The molecule has 182 valence electrons. The average Bonchev–Trinajstić information content (AvgIpc) is 3.37. The first-order valence-corrected chi connectivity index (χ1v) is 13.9. The normalized spacial score (nSPS) is 15.1. The van der Waals surface area contributed by atoms with Crippen LogP contribution >= 0.6 is 0 Å². The Balaban J connectivity index is -0.000000165. The molecule has 2 saturated carbocycles. The van der Waals surface area contributed by atoms with Crippen LogP contribution in [0.25, 0.3) is 0 Å². The molecule has 2 aliphatic carbocycles. The van der Waals surface area contributed by atoms with Crippen molar-refractivity contribution in [2.75, 3.05) is 13.2 Å². The molecule has 0 aliphatic heterocycles. The van der Waals surface area contributed by atoms with Gasteiger partial charge in [0.25, 0.3) is 0 Å². The van der Waals surface area contributed by atoms with Crippen LogP contribution in [0.5, 0.6) is 0 Å². The Bertz CT molecular complexity index is 346. The first-order chi connectivity index (χ1) is 14.2. The fraction of sp³-hybridized carbons (Fsp3) is 0.435. The van der Waals surface area contributed by atoms with Crippen LogP contribution in [0.2, 0.25) is 18.1 Å². The van der Waals surface area contributed by atoms with E-state index in [0.717, 1.165) is 13.0 Å². The molecule has 0 unspecified atom stereocenters. The molecular weight excluding hydrogens is 527 g/mol. The maximum Gasteiger partial charge on any atom is 0.191 e. The largest absolute Gasteiger partial charge is 0.518 e. The van der Waals surface area contributed by atoms with E-state index in [0.29, 0.717) is 5.04 Å². The molecule has 2 fully saturated rings. The van der Waals surface area contributed by atoms with Gasteiger partial charge >= 0.3 is 0 Å². The Morgan fingerprint density at radius 1 is 0.906 bits per heavy atom. The third-order valence-corrected chi connectivity index (χ3v) is 8.39. The van der Waals surface area contributed by atoms with Crippen molar-refractivity contribution in [1.82, 2.24) is 0 Å². The third kappa shape index (κ3) is 38.0. The predicted octanol–water partition coefficient (Wildman–Crippen LogP) is 0.875. The van der Waals surface area contributed by atoms with Gasteiger partial charge in [0.05, 0.1) is 13.3 Å². The zero-order valence-corrected chi connectivity index (χ0v) is 24.2. The van der Waals surface area contributed by atoms with E-state index in [2.05, 4.69) is 33.9 Å². The average molecular weight is 565 g/mol. The molecule has 2 rings (SSSR count). The second-order valence-electron chi connectivity index (χ2n) is 7.53. The van der Waals surface area contributed by atoms with Gasteiger partial charge in [-0.2, -0.15) is 0 Å². The predicted molar refractivity (Wildman–Crippen MR) is 117 cm³/mol. The van der Waals surface area contributed by atoms with Crippen molar-refractivity contribution >= 4 is 8.32 Å². The van der Waals surface area contributed by atoms with Crippen molar-refractivity contribution in [1.29, 1.82) is 0 Å². The zero-order chi connectivity index (χ0) is 24.8. The van der Waals surface area contributed by atoms with E-state index in [9.17, 15) is 0 Å². The van der Waals surface area contributed by atoms with Gasteiger partial charge in [-0.3, -0.25) is 6.08 Å². The van der Waals surface area contributed by atoms with E-state index in [1.54, 1.807) is 19.4 Å². The van der Waals surface area contributed by atoms with Crippen molar-refractivity contribution in [2.45, 2.75) is 52.2 Å². The van der Waals surface area contributed by atoms with Gasteiger partial charge in [0, 0.05) is 32.8 Å². The van der Waals surface area contributed by atoms with Gasteiger partial charge < -0.3 is 16.1 Å². The molecule has 9 heteroatoms. The fourth-order valence-electron chi connectivity index (χ4n) is 1.24. The van der Waals surface area contributed by atoms with Crippen LogP contribution in [-0.4, -0.2) is 26.6 Å². The van der Waals surface area contributed by atoms with Gasteiger partial charge in [0.15, 0.2) is 14.9 Å².